The minimum atomic E-state index is -0.416. The van der Waals surface area contributed by atoms with Crippen LogP contribution in [0.1, 0.15) is 16.1 Å². The SMILES string of the molecule is Cc1csc2c(=O)sc(NC(=O)c3ccco3)nc12. The van der Waals surface area contributed by atoms with Crippen molar-refractivity contribution >= 4 is 43.9 Å². The number of fused-ring (bicyclic) bond motifs is 1. The van der Waals surface area contributed by atoms with Gasteiger partial charge in [0.25, 0.3) is 10.6 Å². The van der Waals surface area contributed by atoms with Crippen molar-refractivity contribution in [3.63, 3.8) is 0 Å². The third-order valence-corrected chi connectivity index (χ3v) is 4.49. The quantitative estimate of drug-likeness (QED) is 0.788. The van der Waals surface area contributed by atoms with Gasteiger partial charge >= 0.3 is 0 Å². The molecule has 0 atom stereocenters. The van der Waals surface area contributed by atoms with Crippen LogP contribution in [0.4, 0.5) is 5.13 Å². The molecule has 0 aliphatic rings. The highest BCUT2D eigenvalue weighted by Crippen LogP contribution is 2.24. The summed E-state index contributed by atoms with van der Waals surface area (Å²) in [7, 11) is 0. The number of nitrogens with zero attached hydrogens (tertiary/aromatic N) is 1. The van der Waals surface area contributed by atoms with Gasteiger partial charge in [0.05, 0.1) is 11.8 Å². The molecule has 0 saturated heterocycles. The van der Waals surface area contributed by atoms with Crippen molar-refractivity contribution in [2.45, 2.75) is 6.92 Å². The molecule has 3 rings (SSSR count). The lowest BCUT2D eigenvalue weighted by Gasteiger charge is -2.01. The lowest BCUT2D eigenvalue weighted by Crippen LogP contribution is -2.12. The number of rotatable bonds is 2. The zero-order chi connectivity index (χ0) is 13.4. The Morgan fingerprint density at radius 2 is 2.32 bits per heavy atom. The molecule has 0 radical (unpaired) electrons. The second kappa shape index (κ2) is 4.60. The predicted molar refractivity (Wildman–Crippen MR) is 75.2 cm³/mol. The molecule has 5 nitrogen and oxygen atoms in total. The summed E-state index contributed by atoms with van der Waals surface area (Å²) in [5, 5.41) is 4.73. The van der Waals surface area contributed by atoms with Gasteiger partial charge in [-0.05, 0) is 30.0 Å². The Labute approximate surface area is 115 Å². The van der Waals surface area contributed by atoms with E-state index < -0.39 is 5.91 Å². The van der Waals surface area contributed by atoms with Crippen molar-refractivity contribution in [1.82, 2.24) is 4.98 Å². The molecule has 0 saturated carbocycles. The van der Waals surface area contributed by atoms with Crippen molar-refractivity contribution in [3.8, 4) is 0 Å². The summed E-state index contributed by atoms with van der Waals surface area (Å²) in [6, 6.07) is 3.17. The molecule has 0 spiro atoms. The molecule has 1 amide bonds. The van der Waals surface area contributed by atoms with Crippen molar-refractivity contribution in [1.29, 1.82) is 0 Å². The highest BCUT2D eigenvalue weighted by atomic mass is 32.1. The second-order valence-corrected chi connectivity index (χ2v) is 5.68. The zero-order valence-corrected chi connectivity index (χ0v) is 11.4. The van der Waals surface area contributed by atoms with Crippen LogP contribution in [0, 0.1) is 6.92 Å². The van der Waals surface area contributed by atoms with E-state index in [1.54, 1.807) is 12.1 Å². The van der Waals surface area contributed by atoms with Crippen LogP contribution < -0.4 is 10.1 Å². The average Bonchev–Trinajstić information content (AvgIpc) is 3.00. The first kappa shape index (κ1) is 12.1. The van der Waals surface area contributed by atoms with Crippen molar-refractivity contribution < 1.29 is 9.21 Å². The fraction of sp³-hybridized carbons (Fsp3) is 0.0833. The van der Waals surface area contributed by atoms with Crippen LogP contribution >= 0.6 is 22.7 Å². The molecule has 0 aliphatic carbocycles. The maximum absolute atomic E-state index is 11.9. The standard InChI is InChI=1S/C12H8N2O3S2/c1-6-5-18-9-8(6)13-12(19-11(9)16)14-10(15)7-3-2-4-17-7/h2-5H,1H3,(H,13,14,15). The molecule has 0 fully saturated rings. The molecule has 0 aliphatic heterocycles. The Morgan fingerprint density at radius 1 is 1.47 bits per heavy atom. The van der Waals surface area contributed by atoms with Gasteiger partial charge in [0.2, 0.25) is 0 Å². The largest absolute Gasteiger partial charge is 0.459 e. The van der Waals surface area contributed by atoms with Gasteiger partial charge in [0.1, 0.15) is 4.70 Å². The summed E-state index contributed by atoms with van der Waals surface area (Å²) in [4.78, 5) is 28.0. The van der Waals surface area contributed by atoms with Crippen LogP contribution in [0.25, 0.3) is 10.2 Å². The van der Waals surface area contributed by atoms with Crippen molar-refractivity contribution in [2.75, 3.05) is 5.32 Å². The molecule has 0 bridgehead atoms. The Hall–Kier alpha value is -1.99. The van der Waals surface area contributed by atoms with E-state index >= 15 is 0 Å². The lowest BCUT2D eigenvalue weighted by atomic mass is 10.3. The summed E-state index contributed by atoms with van der Waals surface area (Å²) in [5.74, 6) is -0.232. The Balaban J connectivity index is 2.00. The van der Waals surface area contributed by atoms with E-state index in [-0.39, 0.29) is 15.6 Å². The number of carbonyl (C=O) groups is 1. The summed E-state index contributed by atoms with van der Waals surface area (Å²) < 4.78 is 5.51. The van der Waals surface area contributed by atoms with Gasteiger partial charge in [-0.3, -0.25) is 14.9 Å². The third-order valence-electron chi connectivity index (χ3n) is 2.50. The second-order valence-electron chi connectivity index (χ2n) is 3.83. The number of aromatic nitrogens is 1. The van der Waals surface area contributed by atoms with Crippen molar-refractivity contribution in [3.05, 3.63) is 44.6 Å². The monoisotopic (exact) mass is 292 g/mol. The number of thiophene rings is 1. The molecule has 19 heavy (non-hydrogen) atoms. The molecular formula is C12H8N2O3S2. The molecule has 3 aromatic heterocycles. The number of anilines is 1. The smallest absolute Gasteiger partial charge is 0.293 e. The van der Waals surface area contributed by atoms with Gasteiger partial charge in [0, 0.05) is 0 Å². The number of aryl methyl sites for hydroxylation is 1. The number of furan rings is 1. The zero-order valence-electron chi connectivity index (χ0n) is 9.80. The minimum absolute atomic E-state index is 0.0992. The van der Waals surface area contributed by atoms with E-state index in [1.807, 2.05) is 12.3 Å². The number of nitrogens with one attached hydrogen (secondary N) is 1. The van der Waals surface area contributed by atoms with E-state index in [4.69, 9.17) is 4.42 Å². The lowest BCUT2D eigenvalue weighted by molar-refractivity contribution is 0.0996. The Bertz CT molecular complexity index is 802. The first-order chi connectivity index (χ1) is 9.15. The van der Waals surface area contributed by atoms with E-state index in [1.165, 1.54) is 17.6 Å². The van der Waals surface area contributed by atoms with E-state index in [9.17, 15) is 9.59 Å². The topological polar surface area (TPSA) is 72.2 Å². The van der Waals surface area contributed by atoms with Gasteiger partial charge in [-0.1, -0.05) is 11.3 Å². The van der Waals surface area contributed by atoms with E-state index in [0.717, 1.165) is 16.9 Å². The maximum Gasteiger partial charge on any atom is 0.293 e. The molecular weight excluding hydrogens is 284 g/mol. The molecule has 3 heterocycles. The molecule has 7 heteroatoms. The van der Waals surface area contributed by atoms with Crippen LogP contribution in [0.3, 0.4) is 0 Å². The fourth-order valence-corrected chi connectivity index (χ4v) is 3.34. The Kier molecular flexibility index (Phi) is 2.92. The number of hydrogen-bond donors (Lipinski definition) is 1. The maximum atomic E-state index is 11.9. The summed E-state index contributed by atoms with van der Waals surface area (Å²) in [5.41, 5.74) is 1.57. The first-order valence-corrected chi connectivity index (χ1v) is 7.08. The third kappa shape index (κ3) is 2.18. The molecule has 3 aromatic rings. The van der Waals surface area contributed by atoms with Gasteiger partial charge in [0.15, 0.2) is 10.9 Å². The highest BCUT2D eigenvalue weighted by Gasteiger charge is 2.13. The Morgan fingerprint density at radius 3 is 3.05 bits per heavy atom. The predicted octanol–water partition coefficient (Wildman–Crippen LogP) is 2.87. The van der Waals surface area contributed by atoms with Crippen LogP contribution in [-0.4, -0.2) is 10.9 Å². The molecule has 96 valence electrons. The number of amides is 1. The average molecular weight is 292 g/mol. The summed E-state index contributed by atoms with van der Waals surface area (Å²) >= 11 is 2.29. The highest BCUT2D eigenvalue weighted by molar-refractivity contribution is 7.21. The van der Waals surface area contributed by atoms with Crippen LogP contribution in [0.15, 0.2) is 33.0 Å². The van der Waals surface area contributed by atoms with Gasteiger partial charge < -0.3 is 4.42 Å². The summed E-state index contributed by atoms with van der Waals surface area (Å²) in [6.45, 7) is 1.88. The van der Waals surface area contributed by atoms with E-state index in [2.05, 4.69) is 10.3 Å². The normalized spacial score (nSPS) is 10.8. The van der Waals surface area contributed by atoms with E-state index in [0.29, 0.717) is 10.2 Å². The van der Waals surface area contributed by atoms with Gasteiger partial charge in [-0.15, -0.1) is 11.3 Å². The fourth-order valence-electron chi connectivity index (χ4n) is 1.60. The summed E-state index contributed by atoms with van der Waals surface area (Å²) in [6.07, 6.45) is 1.41. The van der Waals surface area contributed by atoms with Crippen LogP contribution in [0.5, 0.6) is 0 Å². The van der Waals surface area contributed by atoms with Crippen LogP contribution in [0.2, 0.25) is 0 Å². The first-order valence-electron chi connectivity index (χ1n) is 5.39. The van der Waals surface area contributed by atoms with Gasteiger partial charge in [-0.25, -0.2) is 4.98 Å². The minimum Gasteiger partial charge on any atom is -0.459 e. The van der Waals surface area contributed by atoms with Crippen LogP contribution in [-0.2, 0) is 0 Å². The number of carbonyl (C=O) groups excluding carboxylic acids is 1. The van der Waals surface area contributed by atoms with Crippen molar-refractivity contribution in [2.24, 2.45) is 0 Å². The number of hydrogen-bond acceptors (Lipinski definition) is 6. The molecule has 0 aromatic carbocycles. The molecule has 1 N–H and O–H groups in total. The van der Waals surface area contributed by atoms with Gasteiger partial charge in [-0.2, -0.15) is 0 Å². The molecule has 0 unspecified atom stereocenters.